The molecule has 212 valence electrons. The molecule has 0 heterocycles. The molecule has 2 saturated carbocycles. The summed E-state index contributed by atoms with van der Waals surface area (Å²) in [5.74, 6) is -0.875. The zero-order valence-electron chi connectivity index (χ0n) is 23.7. The summed E-state index contributed by atoms with van der Waals surface area (Å²) < 4.78 is 60.0. The third-order valence-electron chi connectivity index (χ3n) is 9.70. The van der Waals surface area contributed by atoms with Gasteiger partial charge in [0.1, 0.15) is 0 Å². The molecule has 40 heavy (non-hydrogen) atoms. The van der Waals surface area contributed by atoms with Gasteiger partial charge in [-0.3, -0.25) is 0 Å². The van der Waals surface area contributed by atoms with E-state index in [0.717, 1.165) is 43.4 Å². The molecule has 0 aromatic heterocycles. The first-order valence-corrected chi connectivity index (χ1v) is 15.1. The van der Waals surface area contributed by atoms with E-state index in [1.807, 2.05) is 6.92 Å². The van der Waals surface area contributed by atoms with Gasteiger partial charge < -0.3 is 0 Å². The van der Waals surface area contributed by atoms with Gasteiger partial charge in [-0.2, -0.15) is 0 Å². The second-order valence-corrected chi connectivity index (χ2v) is 11.9. The van der Waals surface area contributed by atoms with Crippen LogP contribution in [0, 0.1) is 41.0 Å². The van der Waals surface area contributed by atoms with Gasteiger partial charge in [-0.1, -0.05) is 86.9 Å². The monoisotopic (exact) mass is 548 g/mol. The molecule has 4 heteroatoms. The Balaban J connectivity index is 1.27. The molecule has 5 rings (SSSR count). The summed E-state index contributed by atoms with van der Waals surface area (Å²) in [7, 11) is 0. The van der Waals surface area contributed by atoms with Crippen molar-refractivity contribution in [3.8, 4) is 22.3 Å². The minimum Gasteiger partial charge on any atom is -0.203 e. The van der Waals surface area contributed by atoms with Crippen LogP contribution in [0.1, 0.15) is 88.7 Å². The van der Waals surface area contributed by atoms with Gasteiger partial charge in [0.15, 0.2) is 23.3 Å². The van der Waals surface area contributed by atoms with Crippen LogP contribution in [0.25, 0.3) is 22.3 Å². The molecule has 0 radical (unpaired) electrons. The molecule has 0 atom stereocenters. The number of halogens is 4. The Bertz CT molecular complexity index is 1320. The van der Waals surface area contributed by atoms with Crippen LogP contribution in [0.2, 0.25) is 0 Å². The summed E-state index contributed by atoms with van der Waals surface area (Å²) in [5, 5.41) is 0. The Labute approximate surface area is 236 Å². The maximum atomic E-state index is 15.4. The van der Waals surface area contributed by atoms with E-state index in [4.69, 9.17) is 0 Å². The summed E-state index contributed by atoms with van der Waals surface area (Å²) in [4.78, 5) is 0. The smallest absolute Gasteiger partial charge is 0.166 e. The van der Waals surface area contributed by atoms with E-state index in [-0.39, 0.29) is 17.0 Å². The normalized spacial score (nSPS) is 23.6. The zero-order chi connectivity index (χ0) is 28.2. The number of benzene rings is 3. The summed E-state index contributed by atoms with van der Waals surface area (Å²) in [5.41, 5.74) is 2.09. The van der Waals surface area contributed by atoms with Crippen LogP contribution in [-0.4, -0.2) is 0 Å². The quantitative estimate of drug-likeness (QED) is 0.203. The number of allylic oxidation sites excluding steroid dienone is 2. The molecule has 0 saturated heterocycles. The number of hydrogen-bond acceptors (Lipinski definition) is 0. The fraction of sp³-hybridized carbons (Fsp3) is 0.444. The molecular formula is C36H40F4. The molecule has 0 aliphatic heterocycles. The minimum atomic E-state index is -0.903. The Hall–Kier alpha value is -2.88. The molecule has 0 amide bonds. The van der Waals surface area contributed by atoms with E-state index < -0.39 is 23.3 Å². The van der Waals surface area contributed by atoms with Gasteiger partial charge in [-0.05, 0) is 97.8 Å². The highest BCUT2D eigenvalue weighted by atomic mass is 19.2. The standard InChI is InChI=1S/C36H40F4/c1-3-5-6-29-19-20-30(34(38)33(29)37)27-15-17-28(18-16-27)32-22-21-31(35(39)36(32)40)26-13-11-25(12-14-26)24-9-7-23(4-2)8-10-24/h3,5,15-26H,4,6-14H2,1-2H3. The van der Waals surface area contributed by atoms with Gasteiger partial charge in [-0.15, -0.1) is 0 Å². The van der Waals surface area contributed by atoms with Crippen molar-refractivity contribution in [2.75, 3.05) is 0 Å². The Morgan fingerprint density at radius 1 is 0.625 bits per heavy atom. The Kier molecular flexibility index (Phi) is 9.13. The van der Waals surface area contributed by atoms with Crippen LogP contribution >= 0.6 is 0 Å². The highest BCUT2D eigenvalue weighted by Gasteiger charge is 2.32. The van der Waals surface area contributed by atoms with Crippen LogP contribution in [0.4, 0.5) is 17.6 Å². The maximum Gasteiger partial charge on any atom is 0.166 e. The van der Waals surface area contributed by atoms with Crippen molar-refractivity contribution in [1.29, 1.82) is 0 Å². The average molecular weight is 549 g/mol. The van der Waals surface area contributed by atoms with Crippen LogP contribution in [0.3, 0.4) is 0 Å². The van der Waals surface area contributed by atoms with Crippen molar-refractivity contribution in [2.45, 2.75) is 84.0 Å². The van der Waals surface area contributed by atoms with Gasteiger partial charge in [-0.25, -0.2) is 17.6 Å². The van der Waals surface area contributed by atoms with Crippen molar-refractivity contribution >= 4 is 0 Å². The summed E-state index contributed by atoms with van der Waals surface area (Å²) in [6.45, 7) is 4.12. The lowest BCUT2D eigenvalue weighted by atomic mass is 9.68. The summed E-state index contributed by atoms with van der Waals surface area (Å²) in [6.07, 6.45) is 14.6. The van der Waals surface area contributed by atoms with Crippen molar-refractivity contribution in [2.24, 2.45) is 17.8 Å². The van der Waals surface area contributed by atoms with E-state index in [0.29, 0.717) is 28.7 Å². The van der Waals surface area contributed by atoms with Crippen LogP contribution in [0.5, 0.6) is 0 Å². The third kappa shape index (κ3) is 5.92. The van der Waals surface area contributed by atoms with Crippen molar-refractivity contribution < 1.29 is 17.6 Å². The molecule has 0 N–H and O–H groups in total. The molecule has 2 aliphatic carbocycles. The lowest BCUT2D eigenvalue weighted by Crippen LogP contribution is -2.25. The van der Waals surface area contributed by atoms with E-state index in [1.165, 1.54) is 32.1 Å². The first kappa shape index (κ1) is 28.6. The van der Waals surface area contributed by atoms with Crippen LogP contribution in [-0.2, 0) is 6.42 Å². The fourth-order valence-corrected chi connectivity index (χ4v) is 7.12. The first-order chi connectivity index (χ1) is 19.4. The molecule has 3 aromatic carbocycles. The molecule has 0 bridgehead atoms. The van der Waals surface area contributed by atoms with E-state index in [9.17, 15) is 8.78 Å². The third-order valence-corrected chi connectivity index (χ3v) is 9.70. The first-order valence-electron chi connectivity index (χ1n) is 15.1. The van der Waals surface area contributed by atoms with Gasteiger partial charge in [0.05, 0.1) is 0 Å². The fourth-order valence-electron chi connectivity index (χ4n) is 7.12. The number of rotatable bonds is 7. The topological polar surface area (TPSA) is 0 Å². The van der Waals surface area contributed by atoms with E-state index in [1.54, 1.807) is 60.7 Å². The summed E-state index contributed by atoms with van der Waals surface area (Å²) in [6, 6.07) is 13.1. The second-order valence-electron chi connectivity index (χ2n) is 11.9. The lowest BCUT2D eigenvalue weighted by Gasteiger charge is -2.38. The molecule has 0 spiro atoms. The Morgan fingerprint density at radius 3 is 1.70 bits per heavy atom. The minimum absolute atomic E-state index is 0.0582. The average Bonchev–Trinajstić information content (AvgIpc) is 3.00. The van der Waals surface area contributed by atoms with Crippen LogP contribution in [0.15, 0.2) is 60.7 Å². The zero-order valence-corrected chi connectivity index (χ0v) is 23.7. The Morgan fingerprint density at radius 2 is 1.15 bits per heavy atom. The predicted octanol–water partition coefficient (Wildman–Crippen LogP) is 11.2. The lowest BCUT2D eigenvalue weighted by molar-refractivity contribution is 0.158. The van der Waals surface area contributed by atoms with Gasteiger partial charge >= 0.3 is 0 Å². The predicted molar refractivity (Wildman–Crippen MR) is 156 cm³/mol. The highest BCUT2D eigenvalue weighted by molar-refractivity contribution is 5.71. The van der Waals surface area contributed by atoms with Crippen molar-refractivity contribution in [3.63, 3.8) is 0 Å². The van der Waals surface area contributed by atoms with Crippen LogP contribution < -0.4 is 0 Å². The van der Waals surface area contributed by atoms with Gasteiger partial charge in [0, 0.05) is 11.1 Å². The SMILES string of the molecule is CC=CCc1ccc(-c2ccc(-c3ccc(C4CCC(C5CCC(CC)CC5)CC4)c(F)c3F)cc2)c(F)c1F. The molecule has 0 nitrogen and oxygen atoms in total. The van der Waals surface area contributed by atoms with Crippen molar-refractivity contribution in [3.05, 3.63) is 95.1 Å². The van der Waals surface area contributed by atoms with Crippen molar-refractivity contribution in [1.82, 2.24) is 0 Å². The van der Waals surface area contributed by atoms with E-state index >= 15 is 8.78 Å². The molecule has 3 aromatic rings. The largest absolute Gasteiger partial charge is 0.203 e. The molecule has 0 unspecified atom stereocenters. The molecular weight excluding hydrogens is 508 g/mol. The second kappa shape index (κ2) is 12.7. The van der Waals surface area contributed by atoms with Gasteiger partial charge in [0.2, 0.25) is 0 Å². The highest BCUT2D eigenvalue weighted by Crippen LogP contribution is 2.45. The number of hydrogen-bond donors (Lipinski definition) is 0. The molecule has 2 fully saturated rings. The molecule has 2 aliphatic rings. The maximum absolute atomic E-state index is 15.4. The van der Waals surface area contributed by atoms with Gasteiger partial charge in [0.25, 0.3) is 0 Å². The van der Waals surface area contributed by atoms with E-state index in [2.05, 4.69) is 6.92 Å². The summed E-state index contributed by atoms with van der Waals surface area (Å²) >= 11 is 0.